The normalized spacial score (nSPS) is 19.2. The average Bonchev–Trinajstić information content (AvgIpc) is 2.88. The molecule has 17 heavy (non-hydrogen) atoms. The van der Waals surface area contributed by atoms with Gasteiger partial charge in [0, 0.05) is 19.6 Å². The second-order valence-corrected chi connectivity index (χ2v) is 4.55. The van der Waals surface area contributed by atoms with E-state index in [9.17, 15) is 0 Å². The smallest absolute Gasteiger partial charge is 0.142 e. The first kappa shape index (κ1) is 11.9. The van der Waals surface area contributed by atoms with E-state index in [4.69, 9.17) is 5.26 Å². The lowest BCUT2D eigenvalue weighted by Crippen LogP contribution is -2.24. The maximum Gasteiger partial charge on any atom is 0.142 e. The number of nitrogens with zero attached hydrogens (tertiary/aromatic N) is 3. The van der Waals surface area contributed by atoms with Crippen LogP contribution in [-0.2, 0) is 7.05 Å². The summed E-state index contributed by atoms with van der Waals surface area (Å²) in [6.45, 7) is 3.88. The molecule has 1 aromatic heterocycles. The molecule has 1 aliphatic rings. The van der Waals surface area contributed by atoms with Gasteiger partial charge in [0.05, 0.1) is 5.69 Å². The largest absolute Gasteiger partial charge is 0.369 e. The van der Waals surface area contributed by atoms with E-state index >= 15 is 0 Å². The Morgan fingerprint density at radius 2 is 2.47 bits per heavy atom. The first-order valence-electron chi connectivity index (χ1n) is 6.13. The molecule has 0 radical (unpaired) electrons. The van der Waals surface area contributed by atoms with E-state index in [1.165, 1.54) is 12.8 Å². The Bertz CT molecular complexity index is 423. The molecule has 0 amide bonds. The zero-order valence-electron chi connectivity index (χ0n) is 10.5. The maximum atomic E-state index is 9.07. The molecule has 1 fully saturated rings. The van der Waals surface area contributed by atoms with Crippen molar-refractivity contribution in [1.82, 2.24) is 15.1 Å². The standard InChI is InChI=1S/C12H19N5/c1-9-11(8-13)12(17(2)16-9)15-7-5-10-4-3-6-14-10/h10,14-15H,3-7H2,1-2H3. The van der Waals surface area contributed by atoms with Crippen LogP contribution in [0, 0.1) is 18.3 Å². The molecular weight excluding hydrogens is 214 g/mol. The van der Waals surface area contributed by atoms with Crippen molar-refractivity contribution in [3.63, 3.8) is 0 Å². The third-order valence-corrected chi connectivity index (χ3v) is 3.28. The van der Waals surface area contributed by atoms with Gasteiger partial charge < -0.3 is 10.6 Å². The topological polar surface area (TPSA) is 65.7 Å². The second kappa shape index (κ2) is 5.19. The molecule has 0 saturated carbocycles. The van der Waals surface area contributed by atoms with Gasteiger partial charge in [-0.3, -0.25) is 4.68 Å². The van der Waals surface area contributed by atoms with Crippen LogP contribution in [0.1, 0.15) is 30.5 Å². The highest BCUT2D eigenvalue weighted by atomic mass is 15.3. The Balaban J connectivity index is 1.92. The molecule has 5 heteroatoms. The van der Waals surface area contributed by atoms with Gasteiger partial charge >= 0.3 is 0 Å². The van der Waals surface area contributed by atoms with Crippen LogP contribution >= 0.6 is 0 Å². The van der Waals surface area contributed by atoms with Gasteiger partial charge in [-0.05, 0) is 32.7 Å². The summed E-state index contributed by atoms with van der Waals surface area (Å²) >= 11 is 0. The zero-order valence-corrected chi connectivity index (χ0v) is 10.5. The van der Waals surface area contributed by atoms with E-state index in [2.05, 4.69) is 21.8 Å². The fourth-order valence-corrected chi connectivity index (χ4v) is 2.36. The molecule has 0 spiro atoms. The SMILES string of the molecule is Cc1nn(C)c(NCCC2CCCN2)c1C#N. The van der Waals surface area contributed by atoms with Crippen LogP contribution in [-0.4, -0.2) is 28.9 Å². The van der Waals surface area contributed by atoms with Crippen molar-refractivity contribution in [1.29, 1.82) is 5.26 Å². The number of rotatable bonds is 4. The van der Waals surface area contributed by atoms with Crippen molar-refractivity contribution in [3.8, 4) is 6.07 Å². The van der Waals surface area contributed by atoms with Crippen LogP contribution in [0.15, 0.2) is 0 Å². The van der Waals surface area contributed by atoms with E-state index in [1.54, 1.807) is 4.68 Å². The Labute approximate surface area is 102 Å². The Morgan fingerprint density at radius 1 is 1.65 bits per heavy atom. The Hall–Kier alpha value is -1.54. The van der Waals surface area contributed by atoms with Gasteiger partial charge in [0.2, 0.25) is 0 Å². The number of hydrogen-bond donors (Lipinski definition) is 2. The minimum Gasteiger partial charge on any atom is -0.369 e. The first-order valence-corrected chi connectivity index (χ1v) is 6.13. The summed E-state index contributed by atoms with van der Waals surface area (Å²) in [6, 6.07) is 2.83. The van der Waals surface area contributed by atoms with Gasteiger partial charge in [0.15, 0.2) is 0 Å². The summed E-state index contributed by atoms with van der Waals surface area (Å²) in [7, 11) is 1.87. The maximum absolute atomic E-state index is 9.07. The van der Waals surface area contributed by atoms with Gasteiger partial charge in [-0.25, -0.2) is 0 Å². The van der Waals surface area contributed by atoms with Crippen LogP contribution in [0.25, 0.3) is 0 Å². The molecule has 0 bridgehead atoms. The van der Waals surface area contributed by atoms with Gasteiger partial charge in [0.1, 0.15) is 17.5 Å². The third kappa shape index (κ3) is 2.59. The van der Waals surface area contributed by atoms with E-state index in [0.717, 1.165) is 31.0 Å². The van der Waals surface area contributed by atoms with Gasteiger partial charge in [0.25, 0.3) is 0 Å². The van der Waals surface area contributed by atoms with E-state index in [1.807, 2.05) is 14.0 Å². The molecule has 2 rings (SSSR count). The van der Waals surface area contributed by atoms with Crippen molar-refractivity contribution >= 4 is 5.82 Å². The summed E-state index contributed by atoms with van der Waals surface area (Å²) < 4.78 is 1.75. The molecule has 1 atom stereocenters. The molecule has 92 valence electrons. The lowest BCUT2D eigenvalue weighted by molar-refractivity contribution is 0.573. The number of nitriles is 1. The highest BCUT2D eigenvalue weighted by Crippen LogP contribution is 2.17. The molecule has 1 saturated heterocycles. The van der Waals surface area contributed by atoms with Crippen molar-refractivity contribution < 1.29 is 0 Å². The summed E-state index contributed by atoms with van der Waals surface area (Å²) in [5.74, 6) is 0.836. The van der Waals surface area contributed by atoms with Crippen molar-refractivity contribution in [2.75, 3.05) is 18.4 Å². The molecule has 1 aromatic rings. The van der Waals surface area contributed by atoms with E-state index in [0.29, 0.717) is 11.6 Å². The minimum absolute atomic E-state index is 0.627. The first-order chi connectivity index (χ1) is 8.22. The molecular formula is C12H19N5. The molecule has 2 N–H and O–H groups in total. The molecule has 5 nitrogen and oxygen atoms in total. The van der Waals surface area contributed by atoms with Gasteiger partial charge in [-0.15, -0.1) is 0 Å². The summed E-state index contributed by atoms with van der Waals surface area (Å²) in [6.07, 6.45) is 3.63. The van der Waals surface area contributed by atoms with Crippen LogP contribution in [0.2, 0.25) is 0 Å². The lowest BCUT2D eigenvalue weighted by atomic mass is 10.1. The number of hydrogen-bond acceptors (Lipinski definition) is 4. The second-order valence-electron chi connectivity index (χ2n) is 4.55. The predicted molar refractivity (Wildman–Crippen MR) is 66.8 cm³/mol. The van der Waals surface area contributed by atoms with Crippen LogP contribution < -0.4 is 10.6 Å². The van der Waals surface area contributed by atoms with Gasteiger partial charge in [-0.2, -0.15) is 10.4 Å². The molecule has 1 aliphatic heterocycles. The molecule has 2 heterocycles. The highest BCUT2D eigenvalue weighted by Gasteiger charge is 2.15. The lowest BCUT2D eigenvalue weighted by Gasteiger charge is -2.11. The molecule has 1 unspecified atom stereocenters. The number of aromatic nitrogens is 2. The predicted octanol–water partition coefficient (Wildman–Crippen LogP) is 1.15. The van der Waals surface area contributed by atoms with Crippen molar-refractivity contribution in [2.45, 2.75) is 32.2 Å². The summed E-state index contributed by atoms with van der Waals surface area (Å²) in [5, 5.41) is 20.1. The van der Waals surface area contributed by atoms with Crippen LogP contribution in [0.4, 0.5) is 5.82 Å². The summed E-state index contributed by atoms with van der Waals surface area (Å²) in [5.41, 5.74) is 1.45. The quantitative estimate of drug-likeness (QED) is 0.819. The molecule has 0 aliphatic carbocycles. The monoisotopic (exact) mass is 233 g/mol. The Morgan fingerprint density at radius 3 is 3.12 bits per heavy atom. The number of anilines is 1. The summed E-state index contributed by atoms with van der Waals surface area (Å²) in [4.78, 5) is 0. The number of nitrogens with one attached hydrogen (secondary N) is 2. The van der Waals surface area contributed by atoms with Gasteiger partial charge in [-0.1, -0.05) is 0 Å². The fraction of sp³-hybridized carbons (Fsp3) is 0.667. The fourth-order valence-electron chi connectivity index (χ4n) is 2.36. The highest BCUT2D eigenvalue weighted by molar-refractivity contribution is 5.54. The zero-order chi connectivity index (χ0) is 12.3. The molecule has 0 aromatic carbocycles. The van der Waals surface area contributed by atoms with Crippen LogP contribution in [0.5, 0.6) is 0 Å². The Kier molecular flexibility index (Phi) is 3.64. The number of aryl methyl sites for hydroxylation is 2. The van der Waals surface area contributed by atoms with Crippen molar-refractivity contribution in [3.05, 3.63) is 11.3 Å². The van der Waals surface area contributed by atoms with Crippen LogP contribution in [0.3, 0.4) is 0 Å². The third-order valence-electron chi connectivity index (χ3n) is 3.28. The van der Waals surface area contributed by atoms with Crippen molar-refractivity contribution in [2.24, 2.45) is 7.05 Å². The minimum atomic E-state index is 0.627. The van der Waals surface area contributed by atoms with E-state index in [-0.39, 0.29) is 0 Å². The van der Waals surface area contributed by atoms with E-state index < -0.39 is 0 Å². The average molecular weight is 233 g/mol.